The fourth-order valence-electron chi connectivity index (χ4n) is 1.33. The van der Waals surface area contributed by atoms with Crippen LogP contribution in [0.4, 0.5) is 5.82 Å². The number of anilines is 1. The van der Waals surface area contributed by atoms with E-state index in [0.717, 1.165) is 22.3 Å². The number of H-pyrrole nitrogens is 1. The number of fused-ring (bicyclic) bond motifs is 1. The Labute approximate surface area is 70.8 Å². The van der Waals surface area contributed by atoms with Crippen molar-refractivity contribution in [2.24, 2.45) is 0 Å². The van der Waals surface area contributed by atoms with Crippen molar-refractivity contribution < 1.29 is 0 Å². The van der Waals surface area contributed by atoms with Crippen molar-refractivity contribution in [3.8, 4) is 0 Å². The van der Waals surface area contributed by atoms with Gasteiger partial charge in [0.25, 0.3) is 0 Å². The fraction of sp³-hybridized carbons (Fsp3) is 0.111. The molecule has 0 unspecified atom stereocenters. The summed E-state index contributed by atoms with van der Waals surface area (Å²) in [5, 5.41) is 11.1. The van der Waals surface area contributed by atoms with Crippen LogP contribution in [0, 0.1) is 6.92 Å². The molecular formula is C9H10N3. The van der Waals surface area contributed by atoms with Crippen LogP contribution in [0.1, 0.15) is 5.56 Å². The summed E-state index contributed by atoms with van der Waals surface area (Å²) in [6, 6.07) is 5.92. The Morgan fingerprint density at radius 2 is 2.33 bits per heavy atom. The number of nitrogens with one attached hydrogen (secondary N) is 2. The molecule has 1 radical (unpaired) electrons. The molecule has 0 aliphatic carbocycles. The average molecular weight is 160 g/mol. The predicted octanol–water partition coefficient (Wildman–Crippen LogP) is 1.79. The van der Waals surface area contributed by atoms with Crippen molar-refractivity contribution in [1.82, 2.24) is 10.2 Å². The van der Waals surface area contributed by atoms with Crippen LogP contribution in [0.3, 0.4) is 0 Å². The summed E-state index contributed by atoms with van der Waals surface area (Å²) < 4.78 is 0. The molecule has 0 fully saturated rings. The number of rotatable bonds is 1. The zero-order valence-electron chi connectivity index (χ0n) is 6.89. The molecule has 3 nitrogen and oxygen atoms in total. The summed E-state index contributed by atoms with van der Waals surface area (Å²) in [5.41, 5.74) is 2.01. The molecule has 61 valence electrons. The van der Waals surface area contributed by atoms with Gasteiger partial charge in [0.2, 0.25) is 0 Å². The smallest absolute Gasteiger partial charge is 0.155 e. The van der Waals surface area contributed by atoms with Crippen molar-refractivity contribution >= 4 is 16.7 Å². The molecule has 2 N–H and O–H groups in total. The maximum absolute atomic E-state index is 4.10. The second kappa shape index (κ2) is 2.52. The van der Waals surface area contributed by atoms with E-state index in [0.29, 0.717) is 0 Å². The summed E-state index contributed by atoms with van der Waals surface area (Å²) in [5.74, 6) is 0.857. The second-order valence-electron chi connectivity index (χ2n) is 2.66. The maximum Gasteiger partial charge on any atom is 0.155 e. The highest BCUT2D eigenvalue weighted by molar-refractivity contribution is 5.93. The Hall–Kier alpha value is -1.51. The van der Waals surface area contributed by atoms with Gasteiger partial charge in [-0.1, -0.05) is 12.1 Å². The molecule has 1 aromatic carbocycles. The number of hydrogen-bond donors (Lipinski definition) is 2. The first-order valence-corrected chi connectivity index (χ1v) is 3.79. The van der Waals surface area contributed by atoms with Crippen LogP contribution >= 0.6 is 0 Å². The highest BCUT2D eigenvalue weighted by Crippen LogP contribution is 2.22. The molecule has 12 heavy (non-hydrogen) atoms. The third-order valence-electron chi connectivity index (χ3n) is 1.91. The van der Waals surface area contributed by atoms with Crippen LogP contribution in [0.15, 0.2) is 18.2 Å². The Morgan fingerprint density at radius 3 is 3.08 bits per heavy atom. The van der Waals surface area contributed by atoms with Crippen molar-refractivity contribution in [2.75, 3.05) is 12.4 Å². The molecule has 1 heterocycles. The number of aromatic nitrogens is 2. The number of nitrogens with zero attached hydrogens (tertiary/aromatic N) is 1. The first-order valence-electron chi connectivity index (χ1n) is 3.79. The Balaban J connectivity index is 2.83. The normalized spacial score (nSPS) is 10.5. The van der Waals surface area contributed by atoms with E-state index in [1.54, 1.807) is 0 Å². The topological polar surface area (TPSA) is 40.7 Å². The largest absolute Gasteiger partial charge is 0.371 e. The van der Waals surface area contributed by atoms with E-state index < -0.39 is 0 Å². The van der Waals surface area contributed by atoms with Gasteiger partial charge < -0.3 is 5.32 Å². The molecule has 2 rings (SSSR count). The van der Waals surface area contributed by atoms with Crippen molar-refractivity contribution in [3.05, 3.63) is 30.7 Å². The highest BCUT2D eigenvalue weighted by atomic mass is 15.2. The first-order chi connectivity index (χ1) is 5.83. The number of hydrogen-bond acceptors (Lipinski definition) is 2. The van der Waals surface area contributed by atoms with Crippen LogP contribution in [-0.4, -0.2) is 17.2 Å². The van der Waals surface area contributed by atoms with Crippen LogP contribution in [0.2, 0.25) is 0 Å². The van der Waals surface area contributed by atoms with Gasteiger partial charge >= 0.3 is 0 Å². The lowest BCUT2D eigenvalue weighted by Crippen LogP contribution is -1.88. The van der Waals surface area contributed by atoms with Crippen molar-refractivity contribution in [1.29, 1.82) is 0 Å². The quantitative estimate of drug-likeness (QED) is 0.667. The summed E-state index contributed by atoms with van der Waals surface area (Å²) in [6.45, 7) is 3.93. The molecule has 0 saturated carbocycles. The minimum atomic E-state index is 0.857. The number of benzene rings is 1. The van der Waals surface area contributed by atoms with Gasteiger partial charge in [-0.05, 0) is 18.6 Å². The van der Waals surface area contributed by atoms with E-state index in [1.807, 2.05) is 25.2 Å². The lowest BCUT2D eigenvalue weighted by molar-refractivity contribution is 1.11. The summed E-state index contributed by atoms with van der Waals surface area (Å²) in [7, 11) is 1.85. The number of aromatic amines is 1. The summed E-state index contributed by atoms with van der Waals surface area (Å²) >= 11 is 0. The van der Waals surface area contributed by atoms with Gasteiger partial charge in [0.1, 0.15) is 0 Å². The zero-order valence-corrected chi connectivity index (χ0v) is 6.89. The average Bonchev–Trinajstić information content (AvgIpc) is 2.49. The zero-order chi connectivity index (χ0) is 8.55. The molecule has 3 heteroatoms. The van der Waals surface area contributed by atoms with Crippen molar-refractivity contribution in [3.63, 3.8) is 0 Å². The highest BCUT2D eigenvalue weighted by Gasteiger charge is 2.04. The van der Waals surface area contributed by atoms with E-state index in [1.165, 1.54) is 0 Å². The van der Waals surface area contributed by atoms with Crippen LogP contribution in [0.5, 0.6) is 0 Å². The lowest BCUT2D eigenvalue weighted by Gasteiger charge is -1.97. The molecule has 0 amide bonds. The van der Waals surface area contributed by atoms with Crippen molar-refractivity contribution in [2.45, 2.75) is 0 Å². The fourth-order valence-corrected chi connectivity index (χ4v) is 1.33. The summed E-state index contributed by atoms with van der Waals surface area (Å²) in [4.78, 5) is 0. The van der Waals surface area contributed by atoms with E-state index >= 15 is 0 Å². The molecule has 0 bridgehead atoms. The van der Waals surface area contributed by atoms with Gasteiger partial charge in [0, 0.05) is 12.4 Å². The third kappa shape index (κ3) is 0.863. The second-order valence-corrected chi connectivity index (χ2v) is 2.66. The predicted molar refractivity (Wildman–Crippen MR) is 50.1 cm³/mol. The van der Waals surface area contributed by atoms with Crippen LogP contribution in [0.25, 0.3) is 10.9 Å². The summed E-state index contributed by atoms with van der Waals surface area (Å²) in [6.07, 6.45) is 0. The van der Waals surface area contributed by atoms with Crippen LogP contribution < -0.4 is 5.32 Å². The Bertz CT molecular complexity index is 403. The maximum atomic E-state index is 4.10. The molecule has 0 aliphatic heterocycles. The first kappa shape index (κ1) is 7.16. The van der Waals surface area contributed by atoms with Gasteiger partial charge in [-0.15, -0.1) is 0 Å². The standard InChI is InChI=1S/C9H10N3/c1-6-4-3-5-7-8(6)9(10-2)12-11-7/h3-5H,1H2,2H3,(H2,10,11,12). The molecular weight excluding hydrogens is 150 g/mol. The molecule has 0 aliphatic rings. The van der Waals surface area contributed by atoms with Gasteiger partial charge in [-0.3, -0.25) is 5.10 Å². The third-order valence-corrected chi connectivity index (χ3v) is 1.91. The SMILES string of the molecule is [CH2]c1cccc2[nH]nc(NC)c12. The van der Waals surface area contributed by atoms with Gasteiger partial charge in [-0.25, -0.2) is 0 Å². The minimum Gasteiger partial charge on any atom is -0.371 e. The lowest BCUT2D eigenvalue weighted by atomic mass is 10.1. The molecule has 2 aromatic rings. The van der Waals surface area contributed by atoms with E-state index in [2.05, 4.69) is 22.4 Å². The van der Waals surface area contributed by atoms with Gasteiger partial charge in [0.15, 0.2) is 5.82 Å². The van der Waals surface area contributed by atoms with Gasteiger partial charge in [-0.2, -0.15) is 5.10 Å². The van der Waals surface area contributed by atoms with Crippen LogP contribution in [-0.2, 0) is 0 Å². The molecule has 0 atom stereocenters. The van der Waals surface area contributed by atoms with E-state index in [-0.39, 0.29) is 0 Å². The van der Waals surface area contributed by atoms with E-state index in [9.17, 15) is 0 Å². The van der Waals surface area contributed by atoms with E-state index in [4.69, 9.17) is 0 Å². The minimum absolute atomic E-state index is 0.857. The van der Waals surface area contributed by atoms with Gasteiger partial charge in [0.05, 0.1) is 5.52 Å². The monoisotopic (exact) mass is 160 g/mol. The Morgan fingerprint density at radius 1 is 1.50 bits per heavy atom. The molecule has 0 saturated heterocycles. The molecule has 1 aromatic heterocycles. The Kier molecular flexibility index (Phi) is 1.50. The molecule has 0 spiro atoms.